The van der Waals surface area contributed by atoms with Gasteiger partial charge in [0.1, 0.15) is 0 Å². The first-order valence-electron chi connectivity index (χ1n) is 8.65. The molecule has 7 heteroatoms. The number of anilines is 2. The SMILES string of the molecule is C[C@H]1CC(=O)Nc2ccccc2N1Cc1nnnn1Cc1ccccc1. The number of aromatic nitrogens is 4. The van der Waals surface area contributed by atoms with Gasteiger partial charge in [0.2, 0.25) is 5.91 Å². The Kier molecular flexibility index (Phi) is 4.35. The maximum Gasteiger partial charge on any atom is 0.226 e. The highest BCUT2D eigenvalue weighted by molar-refractivity contribution is 5.96. The Hall–Kier alpha value is -3.22. The summed E-state index contributed by atoms with van der Waals surface area (Å²) in [4.78, 5) is 14.3. The van der Waals surface area contributed by atoms with Crippen LogP contribution in [0.25, 0.3) is 0 Å². The molecule has 1 N–H and O–H groups in total. The van der Waals surface area contributed by atoms with Crippen molar-refractivity contribution < 1.29 is 4.79 Å². The number of amides is 1. The van der Waals surface area contributed by atoms with Crippen LogP contribution in [0.2, 0.25) is 0 Å². The number of carbonyl (C=O) groups is 1. The molecule has 1 aromatic heterocycles. The molecule has 1 aliphatic heterocycles. The maximum absolute atomic E-state index is 12.1. The monoisotopic (exact) mass is 348 g/mol. The Balaban J connectivity index is 1.63. The molecule has 26 heavy (non-hydrogen) atoms. The predicted molar refractivity (Wildman–Crippen MR) is 98.7 cm³/mol. The van der Waals surface area contributed by atoms with Gasteiger partial charge >= 0.3 is 0 Å². The molecular weight excluding hydrogens is 328 g/mol. The standard InChI is InChI=1S/C19H20N6O/c1-14-11-19(26)20-16-9-5-6-10-17(16)24(14)13-18-21-22-23-25(18)12-15-7-3-2-4-8-15/h2-10,14H,11-13H2,1H3,(H,20,26)/t14-/m0/s1. The van der Waals surface area contributed by atoms with Crippen LogP contribution in [0.4, 0.5) is 11.4 Å². The van der Waals surface area contributed by atoms with Gasteiger partial charge in [0.15, 0.2) is 5.82 Å². The number of para-hydroxylation sites is 2. The lowest BCUT2D eigenvalue weighted by Gasteiger charge is -2.29. The smallest absolute Gasteiger partial charge is 0.226 e. The Morgan fingerprint density at radius 3 is 2.69 bits per heavy atom. The maximum atomic E-state index is 12.1. The zero-order chi connectivity index (χ0) is 17.9. The first-order valence-corrected chi connectivity index (χ1v) is 8.65. The highest BCUT2D eigenvalue weighted by Crippen LogP contribution is 2.32. The van der Waals surface area contributed by atoms with Crippen LogP contribution < -0.4 is 10.2 Å². The first-order chi connectivity index (χ1) is 12.7. The van der Waals surface area contributed by atoms with Crippen LogP contribution in [0.1, 0.15) is 24.7 Å². The number of tetrazole rings is 1. The number of hydrogen-bond donors (Lipinski definition) is 1. The van der Waals surface area contributed by atoms with Gasteiger partial charge in [-0.3, -0.25) is 4.79 Å². The van der Waals surface area contributed by atoms with E-state index in [-0.39, 0.29) is 11.9 Å². The first kappa shape index (κ1) is 16.3. The summed E-state index contributed by atoms with van der Waals surface area (Å²) < 4.78 is 1.81. The van der Waals surface area contributed by atoms with Gasteiger partial charge in [-0.25, -0.2) is 4.68 Å². The summed E-state index contributed by atoms with van der Waals surface area (Å²) in [7, 11) is 0. The minimum Gasteiger partial charge on any atom is -0.359 e. The van der Waals surface area contributed by atoms with Crippen molar-refractivity contribution >= 4 is 17.3 Å². The molecule has 132 valence electrons. The second-order valence-corrected chi connectivity index (χ2v) is 6.48. The lowest BCUT2D eigenvalue weighted by molar-refractivity contribution is -0.116. The predicted octanol–water partition coefficient (Wildman–Crippen LogP) is 2.46. The van der Waals surface area contributed by atoms with E-state index in [0.29, 0.717) is 19.5 Å². The van der Waals surface area contributed by atoms with Gasteiger partial charge in [-0.1, -0.05) is 42.5 Å². The van der Waals surface area contributed by atoms with Crippen LogP contribution in [0.15, 0.2) is 54.6 Å². The van der Waals surface area contributed by atoms with E-state index < -0.39 is 0 Å². The van der Waals surface area contributed by atoms with E-state index in [1.807, 2.05) is 54.1 Å². The van der Waals surface area contributed by atoms with Crippen molar-refractivity contribution in [3.63, 3.8) is 0 Å². The van der Waals surface area contributed by atoms with Crippen LogP contribution in [-0.4, -0.2) is 32.2 Å². The number of hydrogen-bond acceptors (Lipinski definition) is 5. The zero-order valence-electron chi connectivity index (χ0n) is 14.5. The van der Waals surface area contributed by atoms with Crippen molar-refractivity contribution in [2.45, 2.75) is 32.5 Å². The van der Waals surface area contributed by atoms with E-state index >= 15 is 0 Å². The average molecular weight is 348 g/mol. The molecule has 7 nitrogen and oxygen atoms in total. The van der Waals surface area contributed by atoms with E-state index in [9.17, 15) is 4.79 Å². The van der Waals surface area contributed by atoms with Crippen LogP contribution in [0, 0.1) is 0 Å². The molecule has 0 unspecified atom stereocenters. The number of rotatable bonds is 4. The summed E-state index contributed by atoms with van der Waals surface area (Å²) in [6, 6.07) is 18.0. The number of fused-ring (bicyclic) bond motifs is 1. The Morgan fingerprint density at radius 1 is 1.08 bits per heavy atom. The van der Waals surface area contributed by atoms with Gasteiger partial charge in [-0.15, -0.1) is 5.10 Å². The molecule has 1 atom stereocenters. The Morgan fingerprint density at radius 2 is 1.85 bits per heavy atom. The summed E-state index contributed by atoms with van der Waals surface area (Å²) in [6.45, 7) is 3.20. The molecule has 0 saturated carbocycles. The molecule has 0 spiro atoms. The van der Waals surface area contributed by atoms with Crippen molar-refractivity contribution in [2.75, 3.05) is 10.2 Å². The fourth-order valence-electron chi connectivity index (χ4n) is 3.26. The molecule has 4 rings (SSSR count). The topological polar surface area (TPSA) is 75.9 Å². The lowest BCUT2D eigenvalue weighted by Crippen LogP contribution is -2.34. The van der Waals surface area contributed by atoms with Gasteiger partial charge < -0.3 is 10.2 Å². The highest BCUT2D eigenvalue weighted by Gasteiger charge is 2.26. The third-order valence-electron chi connectivity index (χ3n) is 4.59. The fraction of sp³-hybridized carbons (Fsp3) is 0.263. The fourth-order valence-corrected chi connectivity index (χ4v) is 3.26. The van der Waals surface area contributed by atoms with E-state index in [0.717, 1.165) is 22.8 Å². The molecule has 1 aliphatic rings. The van der Waals surface area contributed by atoms with Crippen molar-refractivity contribution in [3.8, 4) is 0 Å². The normalized spacial score (nSPS) is 16.7. The number of carbonyl (C=O) groups excluding carboxylic acids is 1. The number of nitrogens with one attached hydrogen (secondary N) is 1. The van der Waals surface area contributed by atoms with Crippen LogP contribution in [0.3, 0.4) is 0 Å². The van der Waals surface area contributed by atoms with E-state index in [4.69, 9.17) is 0 Å². The molecule has 0 bridgehead atoms. The van der Waals surface area contributed by atoms with Crippen LogP contribution in [-0.2, 0) is 17.9 Å². The van der Waals surface area contributed by atoms with Gasteiger partial charge in [-0.2, -0.15) is 0 Å². The van der Waals surface area contributed by atoms with Crippen molar-refractivity contribution in [3.05, 3.63) is 66.0 Å². The van der Waals surface area contributed by atoms with Crippen molar-refractivity contribution in [2.24, 2.45) is 0 Å². The average Bonchev–Trinajstić information content (AvgIpc) is 3.03. The van der Waals surface area contributed by atoms with Crippen LogP contribution >= 0.6 is 0 Å². The minimum atomic E-state index is 0.0244. The lowest BCUT2D eigenvalue weighted by atomic mass is 10.1. The number of nitrogens with zero attached hydrogens (tertiary/aromatic N) is 5. The molecule has 0 radical (unpaired) electrons. The van der Waals surface area contributed by atoms with E-state index in [1.165, 1.54) is 0 Å². The summed E-state index contributed by atoms with van der Waals surface area (Å²) in [6.07, 6.45) is 0.426. The summed E-state index contributed by atoms with van der Waals surface area (Å²) >= 11 is 0. The molecule has 0 fully saturated rings. The van der Waals surface area contributed by atoms with Gasteiger partial charge in [0, 0.05) is 12.5 Å². The van der Waals surface area contributed by atoms with Crippen molar-refractivity contribution in [1.29, 1.82) is 0 Å². The second-order valence-electron chi connectivity index (χ2n) is 6.48. The summed E-state index contributed by atoms with van der Waals surface area (Å²) in [5, 5.41) is 15.2. The summed E-state index contributed by atoms with van der Waals surface area (Å²) in [5.74, 6) is 0.793. The third-order valence-corrected chi connectivity index (χ3v) is 4.59. The largest absolute Gasteiger partial charge is 0.359 e. The van der Waals surface area contributed by atoms with Gasteiger partial charge in [0.25, 0.3) is 0 Å². The number of benzene rings is 2. The van der Waals surface area contributed by atoms with Crippen molar-refractivity contribution in [1.82, 2.24) is 20.2 Å². The second kappa shape index (κ2) is 6.95. The molecule has 3 aromatic rings. The van der Waals surface area contributed by atoms with E-state index in [1.54, 1.807) is 0 Å². The molecule has 2 aromatic carbocycles. The van der Waals surface area contributed by atoms with Gasteiger partial charge in [-0.05, 0) is 35.0 Å². The molecule has 1 amide bonds. The zero-order valence-corrected chi connectivity index (χ0v) is 14.5. The molecule has 2 heterocycles. The molecular formula is C19H20N6O. The van der Waals surface area contributed by atoms with Crippen LogP contribution in [0.5, 0.6) is 0 Å². The summed E-state index contributed by atoms with van der Waals surface area (Å²) in [5.41, 5.74) is 2.95. The Labute approximate surface area is 151 Å². The van der Waals surface area contributed by atoms with Gasteiger partial charge in [0.05, 0.1) is 24.5 Å². The molecule has 0 saturated heterocycles. The Bertz CT molecular complexity index is 907. The highest BCUT2D eigenvalue weighted by atomic mass is 16.1. The third kappa shape index (κ3) is 3.28. The quantitative estimate of drug-likeness (QED) is 0.784. The minimum absolute atomic E-state index is 0.0244. The molecule has 0 aliphatic carbocycles. The van der Waals surface area contributed by atoms with E-state index in [2.05, 4.69) is 37.9 Å².